The molecule has 0 bridgehead atoms. The van der Waals surface area contributed by atoms with Crippen molar-refractivity contribution in [3.8, 4) is 0 Å². The van der Waals surface area contributed by atoms with E-state index in [1.165, 1.54) is 0 Å². The lowest BCUT2D eigenvalue weighted by atomic mass is 10.1. The second-order valence-electron chi connectivity index (χ2n) is 6.47. The average molecular weight is 366 g/mol. The second-order valence-corrected chi connectivity index (χ2v) is 6.47. The SMILES string of the molecule is CN(C)Cc1c(C(=O)NCC(=O)OCc2ccccc2)oc2ccccc12. The van der Waals surface area contributed by atoms with E-state index in [0.29, 0.717) is 12.1 Å². The molecule has 27 heavy (non-hydrogen) atoms. The molecule has 2 aromatic carbocycles. The monoisotopic (exact) mass is 366 g/mol. The summed E-state index contributed by atoms with van der Waals surface area (Å²) >= 11 is 0. The van der Waals surface area contributed by atoms with Crippen LogP contribution in [0.15, 0.2) is 59.0 Å². The van der Waals surface area contributed by atoms with E-state index in [1.54, 1.807) is 0 Å². The first-order valence-electron chi connectivity index (χ1n) is 8.67. The van der Waals surface area contributed by atoms with Crippen LogP contribution in [0.5, 0.6) is 0 Å². The van der Waals surface area contributed by atoms with Gasteiger partial charge in [-0.25, -0.2) is 0 Å². The average Bonchev–Trinajstić information content (AvgIpc) is 3.03. The van der Waals surface area contributed by atoms with E-state index >= 15 is 0 Å². The summed E-state index contributed by atoms with van der Waals surface area (Å²) in [4.78, 5) is 26.4. The van der Waals surface area contributed by atoms with E-state index in [4.69, 9.17) is 9.15 Å². The predicted molar refractivity (Wildman–Crippen MR) is 102 cm³/mol. The largest absolute Gasteiger partial charge is 0.460 e. The van der Waals surface area contributed by atoms with Crippen LogP contribution in [0.2, 0.25) is 0 Å². The lowest BCUT2D eigenvalue weighted by Crippen LogP contribution is -2.31. The van der Waals surface area contributed by atoms with E-state index in [0.717, 1.165) is 16.5 Å². The Morgan fingerprint density at radius 2 is 1.74 bits per heavy atom. The third-order valence-electron chi connectivity index (χ3n) is 4.01. The zero-order chi connectivity index (χ0) is 19.2. The zero-order valence-corrected chi connectivity index (χ0v) is 15.4. The van der Waals surface area contributed by atoms with Crippen molar-refractivity contribution in [2.75, 3.05) is 20.6 Å². The van der Waals surface area contributed by atoms with Gasteiger partial charge in [-0.15, -0.1) is 0 Å². The van der Waals surface area contributed by atoms with Gasteiger partial charge in [0.2, 0.25) is 0 Å². The van der Waals surface area contributed by atoms with Crippen LogP contribution in [-0.2, 0) is 22.7 Å². The Morgan fingerprint density at radius 1 is 1.04 bits per heavy atom. The molecular weight excluding hydrogens is 344 g/mol. The summed E-state index contributed by atoms with van der Waals surface area (Å²) in [5.41, 5.74) is 2.33. The molecule has 6 heteroatoms. The Labute approximate surface area is 157 Å². The van der Waals surface area contributed by atoms with Crippen LogP contribution in [0.3, 0.4) is 0 Å². The number of nitrogens with one attached hydrogen (secondary N) is 1. The molecule has 140 valence electrons. The maximum absolute atomic E-state index is 12.6. The molecule has 3 aromatic rings. The third kappa shape index (κ3) is 4.74. The summed E-state index contributed by atoms with van der Waals surface area (Å²) in [6.45, 7) is 0.508. The minimum atomic E-state index is -0.502. The number of rotatable bonds is 7. The van der Waals surface area contributed by atoms with E-state index in [-0.39, 0.29) is 18.9 Å². The van der Waals surface area contributed by atoms with E-state index in [2.05, 4.69) is 5.32 Å². The molecule has 0 aliphatic carbocycles. The highest BCUT2D eigenvalue weighted by Crippen LogP contribution is 2.26. The number of furan rings is 1. The van der Waals surface area contributed by atoms with Crippen molar-refractivity contribution in [1.29, 1.82) is 0 Å². The molecule has 1 N–H and O–H groups in total. The van der Waals surface area contributed by atoms with Gasteiger partial charge in [0.1, 0.15) is 18.7 Å². The number of hydrogen-bond acceptors (Lipinski definition) is 5. The Morgan fingerprint density at radius 3 is 2.48 bits per heavy atom. The number of nitrogens with zero attached hydrogens (tertiary/aromatic N) is 1. The minimum absolute atomic E-state index is 0.173. The first-order valence-corrected chi connectivity index (χ1v) is 8.67. The topological polar surface area (TPSA) is 71.8 Å². The smallest absolute Gasteiger partial charge is 0.325 e. The molecule has 0 aliphatic rings. The fraction of sp³-hybridized carbons (Fsp3) is 0.238. The lowest BCUT2D eigenvalue weighted by Gasteiger charge is -2.10. The number of benzene rings is 2. The number of carbonyl (C=O) groups is 2. The molecule has 0 radical (unpaired) electrons. The maximum Gasteiger partial charge on any atom is 0.325 e. The molecule has 0 saturated heterocycles. The number of hydrogen-bond donors (Lipinski definition) is 1. The van der Waals surface area contributed by atoms with Gasteiger partial charge in [0.25, 0.3) is 5.91 Å². The Balaban J connectivity index is 1.64. The minimum Gasteiger partial charge on any atom is -0.460 e. The standard InChI is InChI=1S/C21H22N2O4/c1-23(2)13-17-16-10-6-7-11-18(16)27-20(17)21(25)22-12-19(24)26-14-15-8-4-3-5-9-15/h3-11H,12-14H2,1-2H3,(H,22,25). The molecule has 6 nitrogen and oxygen atoms in total. The molecule has 0 spiro atoms. The van der Waals surface area contributed by atoms with Gasteiger partial charge in [0, 0.05) is 17.5 Å². The molecule has 0 aliphatic heterocycles. The quantitative estimate of drug-likeness (QED) is 0.651. The van der Waals surface area contributed by atoms with Crippen LogP contribution in [-0.4, -0.2) is 37.4 Å². The van der Waals surface area contributed by atoms with Crippen LogP contribution in [0.1, 0.15) is 21.7 Å². The van der Waals surface area contributed by atoms with Gasteiger partial charge in [-0.1, -0.05) is 48.5 Å². The Bertz CT molecular complexity index is 932. The van der Waals surface area contributed by atoms with Crippen LogP contribution < -0.4 is 5.32 Å². The first-order chi connectivity index (χ1) is 13.0. The molecule has 0 fully saturated rings. The Hall–Kier alpha value is -3.12. The van der Waals surface area contributed by atoms with Crippen molar-refractivity contribution in [1.82, 2.24) is 10.2 Å². The highest BCUT2D eigenvalue weighted by atomic mass is 16.5. The lowest BCUT2D eigenvalue weighted by molar-refractivity contribution is -0.143. The van der Waals surface area contributed by atoms with Crippen molar-refractivity contribution in [2.24, 2.45) is 0 Å². The highest BCUT2D eigenvalue weighted by Gasteiger charge is 2.21. The van der Waals surface area contributed by atoms with Gasteiger partial charge >= 0.3 is 5.97 Å². The fourth-order valence-corrected chi connectivity index (χ4v) is 2.78. The zero-order valence-electron chi connectivity index (χ0n) is 15.4. The summed E-state index contributed by atoms with van der Waals surface area (Å²) in [6, 6.07) is 16.9. The van der Waals surface area contributed by atoms with Gasteiger partial charge in [-0.05, 0) is 25.7 Å². The molecule has 1 amide bonds. The van der Waals surface area contributed by atoms with Crippen LogP contribution in [0, 0.1) is 0 Å². The Kier molecular flexibility index (Phi) is 5.88. The molecule has 3 rings (SSSR count). The highest BCUT2D eigenvalue weighted by molar-refractivity contribution is 6.00. The second kappa shape index (κ2) is 8.51. The first kappa shape index (κ1) is 18.7. The van der Waals surface area contributed by atoms with Crippen molar-refractivity contribution in [2.45, 2.75) is 13.2 Å². The summed E-state index contributed by atoms with van der Waals surface area (Å²) in [5, 5.41) is 3.48. The maximum atomic E-state index is 12.6. The van der Waals surface area contributed by atoms with Crippen molar-refractivity contribution < 1.29 is 18.7 Å². The fourth-order valence-electron chi connectivity index (χ4n) is 2.78. The number of amides is 1. The summed E-state index contributed by atoms with van der Waals surface area (Å²) in [5.74, 6) is -0.710. The number of ether oxygens (including phenoxy) is 1. The number of para-hydroxylation sites is 1. The van der Waals surface area contributed by atoms with Crippen molar-refractivity contribution in [3.05, 3.63) is 71.5 Å². The van der Waals surface area contributed by atoms with Crippen LogP contribution >= 0.6 is 0 Å². The molecule has 0 unspecified atom stereocenters. The van der Waals surface area contributed by atoms with Gasteiger partial charge in [-0.2, -0.15) is 0 Å². The van der Waals surface area contributed by atoms with E-state index in [9.17, 15) is 9.59 Å². The molecule has 0 atom stereocenters. The van der Waals surface area contributed by atoms with E-state index < -0.39 is 11.9 Å². The van der Waals surface area contributed by atoms with Gasteiger partial charge in [-0.3, -0.25) is 9.59 Å². The third-order valence-corrected chi connectivity index (χ3v) is 4.01. The molecule has 0 saturated carbocycles. The molecular formula is C21H22N2O4. The molecule has 1 heterocycles. The molecule has 1 aromatic heterocycles. The van der Waals surface area contributed by atoms with E-state index in [1.807, 2.05) is 73.6 Å². The number of carbonyl (C=O) groups excluding carboxylic acids is 2. The summed E-state index contributed by atoms with van der Waals surface area (Å²) < 4.78 is 10.9. The van der Waals surface area contributed by atoms with Crippen LogP contribution in [0.4, 0.5) is 0 Å². The van der Waals surface area contributed by atoms with Crippen LogP contribution in [0.25, 0.3) is 11.0 Å². The van der Waals surface area contributed by atoms with Crippen molar-refractivity contribution in [3.63, 3.8) is 0 Å². The number of fused-ring (bicyclic) bond motifs is 1. The van der Waals surface area contributed by atoms with Gasteiger partial charge in [0.15, 0.2) is 5.76 Å². The summed E-state index contributed by atoms with van der Waals surface area (Å²) in [7, 11) is 3.84. The van der Waals surface area contributed by atoms with Gasteiger partial charge < -0.3 is 19.4 Å². The van der Waals surface area contributed by atoms with Crippen molar-refractivity contribution >= 4 is 22.8 Å². The van der Waals surface area contributed by atoms with Gasteiger partial charge in [0.05, 0.1) is 0 Å². The summed E-state index contributed by atoms with van der Waals surface area (Å²) in [6.07, 6.45) is 0. The number of esters is 1. The normalized spacial score (nSPS) is 10.9. The predicted octanol–water partition coefficient (Wildman–Crippen LogP) is 2.97.